The lowest BCUT2D eigenvalue weighted by molar-refractivity contribution is -0.117. The van der Waals surface area contributed by atoms with Crippen LogP contribution >= 0.6 is 34.8 Å². The fourth-order valence-corrected chi connectivity index (χ4v) is 2.68. The van der Waals surface area contributed by atoms with Crippen LogP contribution in [0.5, 0.6) is 0 Å². The zero-order valence-electron chi connectivity index (χ0n) is 9.87. The molecule has 98 valence electrons. The lowest BCUT2D eigenvalue weighted by atomic mass is 10.0. The van der Waals surface area contributed by atoms with E-state index >= 15 is 0 Å². The second-order valence-corrected chi connectivity index (χ2v) is 5.35. The summed E-state index contributed by atoms with van der Waals surface area (Å²) < 4.78 is 0. The maximum absolute atomic E-state index is 12.0. The quantitative estimate of drug-likeness (QED) is 0.837. The first-order valence-electron chi connectivity index (χ1n) is 5.60. The summed E-state index contributed by atoms with van der Waals surface area (Å²) in [6.45, 7) is 0. The van der Waals surface area contributed by atoms with Crippen molar-refractivity contribution in [1.82, 2.24) is 4.98 Å². The first-order valence-corrected chi connectivity index (χ1v) is 6.73. The maximum atomic E-state index is 12.0. The van der Waals surface area contributed by atoms with Gasteiger partial charge < -0.3 is 0 Å². The number of carbonyl (C=O) groups excluding carboxylic acids is 1. The molecule has 1 aromatic carbocycles. The topological polar surface area (TPSA) is 30.0 Å². The minimum absolute atomic E-state index is 0.0392. The number of hydrogen-bond donors (Lipinski definition) is 0. The molecular weight excluding hydrogens is 305 g/mol. The number of aromatic nitrogens is 1. The van der Waals surface area contributed by atoms with Gasteiger partial charge in [0.25, 0.3) is 0 Å². The number of Topliss-reactive ketones (excluding diaryl/α,β-unsaturated/α-hetero) is 1. The zero-order chi connectivity index (χ0) is 13.8. The molecule has 0 atom stereocenters. The molecular formula is C14H10Cl3NO. The van der Waals surface area contributed by atoms with Crippen molar-refractivity contribution in [3.8, 4) is 0 Å². The summed E-state index contributed by atoms with van der Waals surface area (Å²) in [5, 5.41) is 1.29. The highest BCUT2D eigenvalue weighted by molar-refractivity contribution is 6.39. The summed E-state index contributed by atoms with van der Waals surface area (Å²) in [6.07, 6.45) is 3.84. The van der Waals surface area contributed by atoms with E-state index in [0.29, 0.717) is 27.1 Å². The van der Waals surface area contributed by atoms with Gasteiger partial charge in [0.1, 0.15) is 5.78 Å². The molecule has 0 aliphatic rings. The second kappa shape index (κ2) is 6.38. The van der Waals surface area contributed by atoms with Gasteiger partial charge in [0.2, 0.25) is 0 Å². The van der Waals surface area contributed by atoms with Crippen LogP contribution in [0, 0.1) is 0 Å². The van der Waals surface area contributed by atoms with E-state index in [-0.39, 0.29) is 12.2 Å². The van der Waals surface area contributed by atoms with Crippen molar-refractivity contribution in [2.24, 2.45) is 0 Å². The molecule has 0 bridgehead atoms. The molecule has 0 fully saturated rings. The van der Waals surface area contributed by atoms with Crippen molar-refractivity contribution in [3.63, 3.8) is 0 Å². The number of rotatable bonds is 4. The Bertz CT molecular complexity index is 576. The van der Waals surface area contributed by atoms with Crippen LogP contribution in [-0.4, -0.2) is 10.8 Å². The van der Waals surface area contributed by atoms with E-state index in [4.69, 9.17) is 34.8 Å². The van der Waals surface area contributed by atoms with Gasteiger partial charge in [-0.1, -0.05) is 34.8 Å². The number of ketones is 1. The van der Waals surface area contributed by atoms with Gasteiger partial charge in [0.05, 0.1) is 0 Å². The minimum atomic E-state index is 0.0392. The standard InChI is InChI=1S/C14H10Cl3NO/c15-10-6-13(16)12(14(17)7-10)8-11(19)5-9-1-3-18-4-2-9/h1-4,6-7H,5,8H2. The largest absolute Gasteiger partial charge is 0.299 e. The molecule has 0 unspecified atom stereocenters. The maximum Gasteiger partial charge on any atom is 0.141 e. The third-order valence-corrected chi connectivity index (χ3v) is 3.52. The van der Waals surface area contributed by atoms with E-state index in [1.165, 1.54) is 0 Å². The van der Waals surface area contributed by atoms with Crippen LogP contribution in [0.2, 0.25) is 15.1 Å². The molecule has 1 aromatic heterocycles. The van der Waals surface area contributed by atoms with Gasteiger partial charge in [-0.15, -0.1) is 0 Å². The van der Waals surface area contributed by atoms with Crippen LogP contribution in [0.25, 0.3) is 0 Å². The number of benzene rings is 1. The summed E-state index contributed by atoms with van der Waals surface area (Å²) in [4.78, 5) is 15.9. The Labute approximate surface area is 126 Å². The highest BCUT2D eigenvalue weighted by atomic mass is 35.5. The smallest absolute Gasteiger partial charge is 0.141 e. The molecule has 5 heteroatoms. The first-order chi connectivity index (χ1) is 9.06. The van der Waals surface area contributed by atoms with Gasteiger partial charge in [-0.25, -0.2) is 0 Å². The first kappa shape index (κ1) is 14.3. The molecule has 0 radical (unpaired) electrons. The van der Waals surface area contributed by atoms with Crippen LogP contribution in [0.4, 0.5) is 0 Å². The van der Waals surface area contributed by atoms with Crippen LogP contribution in [-0.2, 0) is 17.6 Å². The van der Waals surface area contributed by atoms with E-state index in [0.717, 1.165) is 5.56 Å². The van der Waals surface area contributed by atoms with Crippen LogP contribution < -0.4 is 0 Å². The Morgan fingerprint density at radius 2 is 1.58 bits per heavy atom. The van der Waals surface area contributed by atoms with Gasteiger partial charge in [-0.2, -0.15) is 0 Å². The Balaban J connectivity index is 2.12. The van der Waals surface area contributed by atoms with Gasteiger partial charge in [0.15, 0.2) is 0 Å². The molecule has 0 N–H and O–H groups in total. The third-order valence-electron chi connectivity index (χ3n) is 2.63. The average molecular weight is 315 g/mol. The lowest BCUT2D eigenvalue weighted by Gasteiger charge is -2.07. The van der Waals surface area contributed by atoms with E-state index < -0.39 is 0 Å². The molecule has 0 saturated carbocycles. The monoisotopic (exact) mass is 313 g/mol. The normalized spacial score (nSPS) is 10.5. The molecule has 0 aliphatic heterocycles. The summed E-state index contributed by atoms with van der Waals surface area (Å²) in [5.74, 6) is 0.0392. The predicted molar refractivity (Wildman–Crippen MR) is 78.1 cm³/mol. The fourth-order valence-electron chi connectivity index (χ4n) is 1.73. The summed E-state index contributed by atoms with van der Waals surface area (Å²) in [7, 11) is 0. The van der Waals surface area contributed by atoms with E-state index in [1.54, 1.807) is 24.5 Å². The number of hydrogen-bond acceptors (Lipinski definition) is 2. The molecule has 0 amide bonds. The SMILES string of the molecule is O=C(Cc1ccncc1)Cc1c(Cl)cc(Cl)cc1Cl. The molecule has 2 aromatic rings. The van der Waals surface area contributed by atoms with Gasteiger partial charge in [-0.3, -0.25) is 9.78 Å². The van der Waals surface area contributed by atoms with E-state index in [1.807, 2.05) is 12.1 Å². The fraction of sp³-hybridized carbons (Fsp3) is 0.143. The van der Waals surface area contributed by atoms with Gasteiger partial charge in [-0.05, 0) is 35.4 Å². The zero-order valence-corrected chi connectivity index (χ0v) is 12.1. The van der Waals surface area contributed by atoms with Crippen LogP contribution in [0.3, 0.4) is 0 Å². The Morgan fingerprint density at radius 3 is 2.16 bits per heavy atom. The molecule has 2 nitrogen and oxygen atoms in total. The van der Waals surface area contributed by atoms with Crippen molar-refractivity contribution in [2.75, 3.05) is 0 Å². The third kappa shape index (κ3) is 3.93. The minimum Gasteiger partial charge on any atom is -0.299 e. The van der Waals surface area contributed by atoms with Crippen molar-refractivity contribution < 1.29 is 4.79 Å². The molecule has 0 saturated heterocycles. The Hall–Kier alpha value is -1.09. The van der Waals surface area contributed by atoms with Gasteiger partial charge >= 0.3 is 0 Å². The number of carbonyl (C=O) groups is 1. The molecule has 19 heavy (non-hydrogen) atoms. The summed E-state index contributed by atoms with van der Waals surface area (Å²) in [5.41, 5.74) is 1.54. The predicted octanol–water partition coefficient (Wildman–Crippen LogP) is 4.40. The second-order valence-electron chi connectivity index (χ2n) is 4.10. The van der Waals surface area contributed by atoms with Crippen LogP contribution in [0.15, 0.2) is 36.7 Å². The molecule has 2 rings (SSSR count). The lowest BCUT2D eigenvalue weighted by Crippen LogP contribution is -2.07. The van der Waals surface area contributed by atoms with E-state index in [2.05, 4.69) is 4.98 Å². The van der Waals surface area contributed by atoms with Crippen LogP contribution in [0.1, 0.15) is 11.1 Å². The Kier molecular flexibility index (Phi) is 4.81. The van der Waals surface area contributed by atoms with Crippen molar-refractivity contribution in [2.45, 2.75) is 12.8 Å². The average Bonchev–Trinajstić information content (AvgIpc) is 2.35. The van der Waals surface area contributed by atoms with Crippen molar-refractivity contribution in [1.29, 1.82) is 0 Å². The number of pyridine rings is 1. The van der Waals surface area contributed by atoms with Gasteiger partial charge in [0, 0.05) is 40.3 Å². The molecule has 1 heterocycles. The van der Waals surface area contributed by atoms with E-state index in [9.17, 15) is 4.79 Å². The molecule has 0 aliphatic carbocycles. The summed E-state index contributed by atoms with van der Waals surface area (Å²) >= 11 is 17.9. The van der Waals surface area contributed by atoms with Crippen molar-refractivity contribution >= 4 is 40.6 Å². The number of halogens is 3. The highest BCUT2D eigenvalue weighted by Crippen LogP contribution is 2.29. The summed E-state index contributed by atoms with van der Waals surface area (Å²) in [6, 6.07) is 6.79. The number of nitrogens with zero attached hydrogens (tertiary/aromatic N) is 1. The Morgan fingerprint density at radius 1 is 1.00 bits per heavy atom. The van der Waals surface area contributed by atoms with Crippen molar-refractivity contribution in [3.05, 3.63) is 62.9 Å². The highest BCUT2D eigenvalue weighted by Gasteiger charge is 2.12. The molecule has 0 spiro atoms.